The van der Waals surface area contributed by atoms with Gasteiger partial charge in [0.05, 0.1) is 44.2 Å². The zero-order valence-corrected chi connectivity index (χ0v) is 35.1. The number of hydrogen-bond donors (Lipinski definition) is 0. The van der Waals surface area contributed by atoms with Gasteiger partial charge < -0.3 is 14.2 Å². The van der Waals surface area contributed by atoms with Crippen LogP contribution in [0.5, 0.6) is 11.5 Å². The van der Waals surface area contributed by atoms with Crippen LogP contribution in [-0.2, 0) is 29.7 Å². The van der Waals surface area contributed by atoms with Gasteiger partial charge in [0.25, 0.3) is 0 Å². The molecule has 0 fully saturated rings. The second-order valence-electron chi connectivity index (χ2n) is 14.2. The monoisotopic (exact) mass is 789 g/mol. The summed E-state index contributed by atoms with van der Waals surface area (Å²) in [6, 6.07) is 36.1. The summed E-state index contributed by atoms with van der Waals surface area (Å²) in [5.74, 6) is 1.30. The summed E-state index contributed by atoms with van der Waals surface area (Å²) < 4.78 is 44.4. The second-order valence-corrected chi connectivity index (χ2v) is 15.1. The van der Waals surface area contributed by atoms with Gasteiger partial charge in [-0.2, -0.15) is 5.26 Å². The third kappa shape index (κ3) is 9.42. The Balaban J connectivity index is 1.64. The Labute approximate surface area is 338 Å². The van der Waals surface area contributed by atoms with E-state index in [0.29, 0.717) is 35.7 Å². The van der Waals surface area contributed by atoms with Crippen LogP contribution in [0.3, 0.4) is 0 Å². The lowest BCUT2D eigenvalue weighted by Crippen LogP contribution is -2.53. The van der Waals surface area contributed by atoms with Crippen LogP contribution in [0.4, 0.5) is 0 Å². The minimum Gasteiger partial charge on any atom is -0.497 e. The SMILES string of the molecule is CCC(OC(c1ccccc1)(c1ccccc1)c1ccc(OC)cc1OC)c1ccnc(-c2cc(C(CC)(O[P+](=O)OCCC#N)N(C(C)C)C(C)C)ccn2)c1. The van der Waals surface area contributed by atoms with Crippen molar-refractivity contribution in [3.8, 4) is 29.0 Å². The maximum atomic E-state index is 13.3. The summed E-state index contributed by atoms with van der Waals surface area (Å²) >= 11 is 0. The molecule has 3 unspecified atom stereocenters. The van der Waals surface area contributed by atoms with Gasteiger partial charge in [-0.25, -0.2) is 0 Å². The standard InChI is InChI=1S/C46H54N4O6P/c1-9-43(55-46(36-18-13-11-14-19-36,37-20-15-12-16-21-37)40-23-22-39(52-7)32-44(40)53-8)35-24-27-48-41(30-35)42-31-38(25-28-49-42)45(10-2,50(33(3)4)34(5)6)56-57(51)54-29-17-26-47/h11-16,18-25,27-28,30-34,43H,9-10,17,29H2,1-8H3/q+1. The summed E-state index contributed by atoms with van der Waals surface area (Å²) in [4.78, 5) is 11.8. The summed E-state index contributed by atoms with van der Waals surface area (Å²) in [5.41, 5.74) is 3.42. The molecule has 0 radical (unpaired) electrons. The van der Waals surface area contributed by atoms with E-state index in [1.54, 1.807) is 26.6 Å². The van der Waals surface area contributed by atoms with E-state index in [2.05, 4.69) is 63.8 Å². The first-order chi connectivity index (χ1) is 27.6. The Bertz CT molecular complexity index is 2060. The van der Waals surface area contributed by atoms with Gasteiger partial charge in [-0.3, -0.25) is 14.9 Å². The van der Waals surface area contributed by atoms with Crippen LogP contribution in [0.2, 0.25) is 0 Å². The van der Waals surface area contributed by atoms with Gasteiger partial charge in [-0.05, 0) is 93.6 Å². The van der Waals surface area contributed by atoms with Gasteiger partial charge in [-0.1, -0.05) is 79.0 Å². The molecule has 5 rings (SSSR count). The van der Waals surface area contributed by atoms with Crippen molar-refractivity contribution < 1.29 is 27.8 Å². The van der Waals surface area contributed by atoms with E-state index >= 15 is 0 Å². The van der Waals surface area contributed by atoms with Gasteiger partial charge in [0.2, 0.25) is 5.72 Å². The van der Waals surface area contributed by atoms with Crippen LogP contribution >= 0.6 is 8.25 Å². The van der Waals surface area contributed by atoms with E-state index in [4.69, 9.17) is 38.5 Å². The molecule has 3 aromatic carbocycles. The van der Waals surface area contributed by atoms with Crippen LogP contribution < -0.4 is 9.47 Å². The first-order valence-corrected chi connectivity index (χ1v) is 20.6. The summed E-state index contributed by atoms with van der Waals surface area (Å²) in [6.07, 6.45) is 4.31. The third-order valence-corrected chi connectivity index (χ3v) is 11.0. The van der Waals surface area contributed by atoms with Crippen molar-refractivity contribution in [2.45, 2.75) is 90.3 Å². The molecule has 0 aliphatic rings. The highest BCUT2D eigenvalue weighted by molar-refractivity contribution is 7.33. The Morgan fingerprint density at radius 3 is 1.93 bits per heavy atom. The summed E-state index contributed by atoms with van der Waals surface area (Å²) in [5, 5.41) is 9.03. The van der Waals surface area contributed by atoms with Crippen molar-refractivity contribution in [2.75, 3.05) is 20.8 Å². The lowest BCUT2D eigenvalue weighted by molar-refractivity contribution is -0.130. The zero-order valence-electron chi connectivity index (χ0n) is 34.2. The Hall–Kier alpha value is -5.01. The predicted molar refractivity (Wildman–Crippen MR) is 223 cm³/mol. The van der Waals surface area contributed by atoms with Crippen LogP contribution in [-0.4, -0.2) is 47.8 Å². The summed E-state index contributed by atoms with van der Waals surface area (Å²) in [7, 11) is 0.737. The molecular weight excluding hydrogens is 736 g/mol. The molecule has 298 valence electrons. The predicted octanol–water partition coefficient (Wildman–Crippen LogP) is 10.9. The van der Waals surface area contributed by atoms with Crippen LogP contribution in [0.1, 0.15) is 94.7 Å². The third-order valence-electron chi connectivity index (χ3n) is 10.1. The number of rotatable bonds is 20. The molecule has 3 atom stereocenters. The fraction of sp³-hybridized carbons (Fsp3) is 0.370. The number of nitrogens with zero attached hydrogens (tertiary/aromatic N) is 4. The number of benzene rings is 3. The number of pyridine rings is 2. The van der Waals surface area contributed by atoms with Gasteiger partial charge in [0, 0.05) is 46.2 Å². The highest BCUT2D eigenvalue weighted by Gasteiger charge is 2.49. The molecule has 0 saturated heterocycles. The van der Waals surface area contributed by atoms with Crippen molar-refractivity contribution in [2.24, 2.45) is 0 Å². The van der Waals surface area contributed by atoms with E-state index in [-0.39, 0.29) is 25.1 Å². The molecule has 10 nitrogen and oxygen atoms in total. The van der Waals surface area contributed by atoms with Crippen molar-refractivity contribution in [1.29, 1.82) is 5.26 Å². The van der Waals surface area contributed by atoms with E-state index in [0.717, 1.165) is 27.8 Å². The van der Waals surface area contributed by atoms with Crippen molar-refractivity contribution in [1.82, 2.24) is 14.9 Å². The molecule has 11 heteroatoms. The number of ether oxygens (including phenoxy) is 3. The Kier molecular flexibility index (Phi) is 15.1. The fourth-order valence-corrected chi connectivity index (χ4v) is 8.63. The number of methoxy groups -OCH3 is 2. The highest BCUT2D eigenvalue weighted by atomic mass is 31.1. The highest BCUT2D eigenvalue weighted by Crippen LogP contribution is 2.49. The Morgan fingerprint density at radius 1 is 0.772 bits per heavy atom. The second kappa shape index (κ2) is 19.9. The molecule has 0 bridgehead atoms. The smallest absolute Gasteiger partial charge is 0.497 e. The average molecular weight is 790 g/mol. The minimum atomic E-state index is -2.56. The molecule has 5 aromatic rings. The van der Waals surface area contributed by atoms with Gasteiger partial charge in [-0.15, -0.1) is 4.52 Å². The van der Waals surface area contributed by atoms with E-state index < -0.39 is 25.7 Å². The maximum Gasteiger partial charge on any atom is 0.699 e. The normalized spacial score (nSPS) is 13.6. The minimum absolute atomic E-state index is 0.00883. The summed E-state index contributed by atoms with van der Waals surface area (Å²) in [6.45, 7) is 12.5. The molecule has 57 heavy (non-hydrogen) atoms. The van der Waals surface area contributed by atoms with Gasteiger partial charge in [0.15, 0.2) is 0 Å². The zero-order chi connectivity index (χ0) is 41.0. The van der Waals surface area contributed by atoms with Gasteiger partial charge in [0.1, 0.15) is 23.7 Å². The first-order valence-electron chi connectivity index (χ1n) is 19.5. The molecule has 0 aliphatic heterocycles. The molecule has 0 amide bonds. The number of hydrogen-bond acceptors (Lipinski definition) is 10. The van der Waals surface area contributed by atoms with Crippen LogP contribution in [0.15, 0.2) is 116 Å². The Morgan fingerprint density at radius 2 is 1.39 bits per heavy atom. The van der Waals surface area contributed by atoms with E-state index in [1.165, 1.54) is 0 Å². The van der Waals surface area contributed by atoms with Crippen molar-refractivity contribution in [3.63, 3.8) is 0 Å². The first kappa shape index (κ1) is 43.1. The van der Waals surface area contributed by atoms with E-state index in [9.17, 15) is 4.57 Å². The molecule has 2 aromatic heterocycles. The van der Waals surface area contributed by atoms with Gasteiger partial charge >= 0.3 is 8.25 Å². The number of aromatic nitrogens is 2. The molecule has 0 spiro atoms. The average Bonchev–Trinajstić information content (AvgIpc) is 3.24. The molecule has 0 N–H and O–H groups in total. The van der Waals surface area contributed by atoms with Crippen LogP contribution in [0.25, 0.3) is 11.4 Å². The maximum absolute atomic E-state index is 13.3. The quantitative estimate of drug-likeness (QED) is 0.0326. The lowest BCUT2D eigenvalue weighted by atomic mass is 9.79. The topological polar surface area (TPSA) is 116 Å². The number of nitriles is 1. The molecular formula is C46H54N4O6P+. The largest absolute Gasteiger partial charge is 0.699 e. The molecule has 0 saturated carbocycles. The van der Waals surface area contributed by atoms with Crippen molar-refractivity contribution >= 4 is 8.25 Å². The molecule has 0 aliphatic carbocycles. The lowest BCUT2D eigenvalue weighted by Gasteiger charge is -2.44. The van der Waals surface area contributed by atoms with Crippen molar-refractivity contribution in [3.05, 3.63) is 143 Å². The van der Waals surface area contributed by atoms with E-state index in [1.807, 2.05) is 91.9 Å². The fourth-order valence-electron chi connectivity index (χ4n) is 7.76. The molecule has 2 heterocycles. The van der Waals surface area contributed by atoms with Crippen LogP contribution in [0, 0.1) is 11.3 Å².